The van der Waals surface area contributed by atoms with Crippen molar-refractivity contribution in [3.05, 3.63) is 40.6 Å². The first-order chi connectivity index (χ1) is 9.06. The average molecular weight is 276 g/mol. The molecule has 2 aromatic rings. The molecule has 0 saturated heterocycles. The number of nitrogen functional groups attached to an aromatic ring is 1. The molecule has 1 aromatic carbocycles. The minimum absolute atomic E-state index is 0.125. The molecule has 0 aliphatic heterocycles. The summed E-state index contributed by atoms with van der Waals surface area (Å²) in [6.07, 6.45) is 0.125. The zero-order chi connectivity index (χ0) is 13.8. The number of thiophene rings is 1. The Balaban J connectivity index is 2.15. The van der Waals surface area contributed by atoms with Crippen LogP contribution < -0.4 is 15.4 Å². The van der Waals surface area contributed by atoms with Gasteiger partial charge in [-0.2, -0.15) is 0 Å². The molecular formula is C15H20N2OS. The zero-order valence-electron chi connectivity index (χ0n) is 11.6. The minimum Gasteiger partial charge on any atom is -0.489 e. The lowest BCUT2D eigenvalue weighted by Crippen LogP contribution is -2.16. The monoisotopic (exact) mass is 276 g/mol. The standard InChI is InChI=1S/C15H20N2OS/c1-11(2)18-15-9-12(6-7-14(15)16)17(3)10-13-5-4-8-19-13/h4-9,11H,10,16H2,1-3H3. The first kappa shape index (κ1) is 13.7. The van der Waals surface area contributed by atoms with Crippen molar-refractivity contribution in [3.8, 4) is 5.75 Å². The number of anilines is 2. The highest BCUT2D eigenvalue weighted by molar-refractivity contribution is 7.09. The summed E-state index contributed by atoms with van der Waals surface area (Å²) < 4.78 is 5.72. The summed E-state index contributed by atoms with van der Waals surface area (Å²) in [4.78, 5) is 3.53. The van der Waals surface area contributed by atoms with E-state index < -0.39 is 0 Å². The van der Waals surface area contributed by atoms with Crippen molar-refractivity contribution in [2.75, 3.05) is 17.7 Å². The highest BCUT2D eigenvalue weighted by Gasteiger charge is 2.08. The van der Waals surface area contributed by atoms with Gasteiger partial charge in [0.25, 0.3) is 0 Å². The van der Waals surface area contributed by atoms with Crippen molar-refractivity contribution in [2.24, 2.45) is 0 Å². The van der Waals surface area contributed by atoms with E-state index >= 15 is 0 Å². The van der Waals surface area contributed by atoms with Crippen LogP contribution in [0.3, 0.4) is 0 Å². The lowest BCUT2D eigenvalue weighted by atomic mass is 10.2. The second-order valence-corrected chi connectivity index (χ2v) is 5.86. The maximum Gasteiger partial charge on any atom is 0.144 e. The van der Waals surface area contributed by atoms with Crippen molar-refractivity contribution in [2.45, 2.75) is 26.5 Å². The van der Waals surface area contributed by atoms with Crippen LogP contribution in [0.25, 0.3) is 0 Å². The van der Waals surface area contributed by atoms with E-state index in [1.807, 2.05) is 32.0 Å². The van der Waals surface area contributed by atoms with Gasteiger partial charge in [-0.3, -0.25) is 0 Å². The van der Waals surface area contributed by atoms with Crippen molar-refractivity contribution >= 4 is 22.7 Å². The summed E-state index contributed by atoms with van der Waals surface area (Å²) in [5, 5.41) is 2.10. The fraction of sp³-hybridized carbons (Fsp3) is 0.333. The lowest BCUT2D eigenvalue weighted by molar-refractivity contribution is 0.244. The summed E-state index contributed by atoms with van der Waals surface area (Å²) in [7, 11) is 2.07. The number of rotatable bonds is 5. The fourth-order valence-corrected chi connectivity index (χ4v) is 2.60. The maximum absolute atomic E-state index is 5.93. The van der Waals surface area contributed by atoms with Crippen LogP contribution in [0.1, 0.15) is 18.7 Å². The maximum atomic E-state index is 5.93. The van der Waals surface area contributed by atoms with Gasteiger partial charge in [-0.25, -0.2) is 0 Å². The molecule has 0 spiro atoms. The van der Waals surface area contributed by atoms with Gasteiger partial charge in [0.05, 0.1) is 18.3 Å². The van der Waals surface area contributed by atoms with Crippen LogP contribution >= 0.6 is 11.3 Å². The number of benzene rings is 1. The predicted molar refractivity (Wildman–Crippen MR) is 83.0 cm³/mol. The molecule has 0 amide bonds. The largest absolute Gasteiger partial charge is 0.489 e. The van der Waals surface area contributed by atoms with Crippen LogP contribution in [0, 0.1) is 0 Å². The van der Waals surface area contributed by atoms with Gasteiger partial charge in [0, 0.05) is 23.7 Å². The van der Waals surface area contributed by atoms with E-state index in [-0.39, 0.29) is 6.10 Å². The van der Waals surface area contributed by atoms with Crippen LogP contribution in [0.2, 0.25) is 0 Å². The Labute approximate surface area is 118 Å². The molecular weight excluding hydrogens is 256 g/mol. The Morgan fingerprint density at radius 1 is 1.32 bits per heavy atom. The normalized spacial score (nSPS) is 10.7. The van der Waals surface area contributed by atoms with Gasteiger partial charge in [0.1, 0.15) is 5.75 Å². The van der Waals surface area contributed by atoms with E-state index in [0.717, 1.165) is 18.0 Å². The first-order valence-electron chi connectivity index (χ1n) is 6.36. The van der Waals surface area contributed by atoms with Crippen LogP contribution in [-0.4, -0.2) is 13.2 Å². The van der Waals surface area contributed by atoms with Gasteiger partial charge < -0.3 is 15.4 Å². The molecule has 0 aliphatic carbocycles. The van der Waals surface area contributed by atoms with Crippen LogP contribution in [0.5, 0.6) is 5.75 Å². The number of nitrogens with two attached hydrogens (primary N) is 1. The third kappa shape index (κ3) is 3.64. The van der Waals surface area contributed by atoms with Gasteiger partial charge in [-0.15, -0.1) is 11.3 Å². The molecule has 0 saturated carbocycles. The molecule has 4 heteroatoms. The predicted octanol–water partition coefficient (Wildman–Crippen LogP) is 3.75. The number of hydrogen-bond acceptors (Lipinski definition) is 4. The van der Waals surface area contributed by atoms with E-state index in [2.05, 4.69) is 29.5 Å². The molecule has 0 aliphatic rings. The third-order valence-electron chi connectivity index (χ3n) is 2.77. The number of ether oxygens (including phenoxy) is 1. The molecule has 19 heavy (non-hydrogen) atoms. The van der Waals surface area contributed by atoms with Gasteiger partial charge in [0.15, 0.2) is 0 Å². The summed E-state index contributed by atoms with van der Waals surface area (Å²) >= 11 is 1.77. The van der Waals surface area contributed by atoms with Crippen molar-refractivity contribution in [1.29, 1.82) is 0 Å². The van der Waals surface area contributed by atoms with E-state index in [1.54, 1.807) is 11.3 Å². The SMILES string of the molecule is CC(C)Oc1cc(N(C)Cc2cccs2)ccc1N. The Kier molecular flexibility index (Phi) is 4.32. The Bertz CT molecular complexity index is 523. The molecule has 0 radical (unpaired) electrons. The lowest BCUT2D eigenvalue weighted by Gasteiger charge is -2.21. The first-order valence-corrected chi connectivity index (χ1v) is 7.24. The highest BCUT2D eigenvalue weighted by Crippen LogP contribution is 2.29. The van der Waals surface area contributed by atoms with Crippen LogP contribution in [-0.2, 0) is 6.54 Å². The molecule has 2 N–H and O–H groups in total. The van der Waals surface area contributed by atoms with Crippen molar-refractivity contribution in [1.82, 2.24) is 0 Å². The molecule has 1 heterocycles. The van der Waals surface area contributed by atoms with Gasteiger partial charge in [-0.05, 0) is 37.4 Å². The third-order valence-corrected chi connectivity index (χ3v) is 3.63. The Morgan fingerprint density at radius 2 is 2.11 bits per heavy atom. The molecule has 2 rings (SSSR count). The van der Waals surface area contributed by atoms with Crippen molar-refractivity contribution in [3.63, 3.8) is 0 Å². The molecule has 0 unspecified atom stereocenters. The zero-order valence-corrected chi connectivity index (χ0v) is 12.4. The average Bonchev–Trinajstić information content (AvgIpc) is 2.84. The smallest absolute Gasteiger partial charge is 0.144 e. The van der Waals surface area contributed by atoms with Gasteiger partial charge >= 0.3 is 0 Å². The minimum atomic E-state index is 0.125. The molecule has 0 bridgehead atoms. The molecule has 0 atom stereocenters. The summed E-state index contributed by atoms with van der Waals surface area (Å²) in [5.41, 5.74) is 7.72. The van der Waals surface area contributed by atoms with E-state index in [0.29, 0.717) is 5.69 Å². The quantitative estimate of drug-likeness (QED) is 0.845. The second kappa shape index (κ2) is 5.97. The van der Waals surface area contributed by atoms with Crippen LogP contribution in [0.15, 0.2) is 35.7 Å². The second-order valence-electron chi connectivity index (χ2n) is 4.82. The van der Waals surface area contributed by atoms with E-state index in [4.69, 9.17) is 10.5 Å². The molecule has 102 valence electrons. The fourth-order valence-electron chi connectivity index (χ4n) is 1.84. The Morgan fingerprint density at radius 3 is 2.74 bits per heavy atom. The Hall–Kier alpha value is -1.68. The van der Waals surface area contributed by atoms with E-state index in [9.17, 15) is 0 Å². The van der Waals surface area contributed by atoms with E-state index in [1.165, 1.54) is 4.88 Å². The number of hydrogen-bond donors (Lipinski definition) is 1. The van der Waals surface area contributed by atoms with Crippen molar-refractivity contribution < 1.29 is 4.74 Å². The van der Waals surface area contributed by atoms with Gasteiger partial charge in [0.2, 0.25) is 0 Å². The van der Waals surface area contributed by atoms with Crippen LogP contribution in [0.4, 0.5) is 11.4 Å². The molecule has 3 nitrogen and oxygen atoms in total. The molecule has 1 aromatic heterocycles. The van der Waals surface area contributed by atoms with Gasteiger partial charge in [-0.1, -0.05) is 6.07 Å². The summed E-state index contributed by atoms with van der Waals surface area (Å²) in [5.74, 6) is 0.755. The highest BCUT2D eigenvalue weighted by atomic mass is 32.1. The molecule has 0 fully saturated rings. The number of nitrogens with zero attached hydrogens (tertiary/aromatic N) is 1. The summed E-state index contributed by atoms with van der Waals surface area (Å²) in [6, 6.07) is 10.1. The topological polar surface area (TPSA) is 38.5 Å². The summed E-state index contributed by atoms with van der Waals surface area (Å²) in [6.45, 7) is 4.89.